The number of aryl methyl sites for hydroxylation is 2. The number of nitrogens with zero attached hydrogens (tertiary/aromatic N) is 2. The van der Waals surface area contributed by atoms with Crippen molar-refractivity contribution in [2.75, 3.05) is 6.54 Å². The summed E-state index contributed by atoms with van der Waals surface area (Å²) in [5.41, 5.74) is 1.98. The first-order chi connectivity index (χ1) is 11.2. The minimum Gasteiger partial charge on any atom is -0.465 e. The number of aromatic nitrogens is 2. The van der Waals surface area contributed by atoms with Crippen molar-refractivity contribution in [2.45, 2.75) is 32.2 Å². The lowest BCUT2D eigenvalue weighted by Crippen LogP contribution is -2.32. The molecule has 0 unspecified atom stereocenters. The molecule has 1 aliphatic carbocycles. The highest BCUT2D eigenvalue weighted by Gasteiger charge is 2.13. The summed E-state index contributed by atoms with van der Waals surface area (Å²) in [6, 6.07) is 5.20. The summed E-state index contributed by atoms with van der Waals surface area (Å²) < 4.78 is 6.54. The molecule has 2 aromatic heterocycles. The van der Waals surface area contributed by atoms with Gasteiger partial charge in [0, 0.05) is 18.7 Å². The van der Waals surface area contributed by atoms with Crippen molar-refractivity contribution in [1.82, 2.24) is 15.1 Å². The Labute approximate surface area is 133 Å². The fourth-order valence-electron chi connectivity index (χ4n) is 2.65. The molecule has 0 atom stereocenters. The van der Waals surface area contributed by atoms with Crippen molar-refractivity contribution in [3.8, 4) is 0 Å². The van der Waals surface area contributed by atoms with Crippen molar-refractivity contribution in [3.05, 3.63) is 57.9 Å². The molecule has 120 valence electrons. The van der Waals surface area contributed by atoms with E-state index < -0.39 is 0 Å². The SMILES string of the molecule is O=C(/C=C/c1ccco1)NCCn1nc2c(cc1=O)CCCC2. The van der Waals surface area contributed by atoms with Gasteiger partial charge in [-0.3, -0.25) is 9.59 Å². The highest BCUT2D eigenvalue weighted by Crippen LogP contribution is 2.16. The van der Waals surface area contributed by atoms with Crippen molar-refractivity contribution >= 4 is 12.0 Å². The van der Waals surface area contributed by atoms with E-state index in [9.17, 15) is 9.59 Å². The summed E-state index contributed by atoms with van der Waals surface area (Å²) in [4.78, 5) is 23.7. The van der Waals surface area contributed by atoms with E-state index in [4.69, 9.17) is 4.42 Å². The zero-order valence-electron chi connectivity index (χ0n) is 12.8. The van der Waals surface area contributed by atoms with Crippen LogP contribution in [0.2, 0.25) is 0 Å². The predicted molar refractivity (Wildman–Crippen MR) is 85.9 cm³/mol. The van der Waals surface area contributed by atoms with Crippen LogP contribution in [0, 0.1) is 0 Å². The summed E-state index contributed by atoms with van der Waals surface area (Å²) in [5.74, 6) is 0.389. The number of nitrogens with one attached hydrogen (secondary N) is 1. The quantitative estimate of drug-likeness (QED) is 0.850. The van der Waals surface area contributed by atoms with E-state index >= 15 is 0 Å². The van der Waals surface area contributed by atoms with Gasteiger partial charge in [-0.05, 0) is 49.5 Å². The molecular weight excluding hydrogens is 294 g/mol. The average Bonchev–Trinajstić information content (AvgIpc) is 3.07. The van der Waals surface area contributed by atoms with Crippen LogP contribution in [0.25, 0.3) is 6.08 Å². The molecule has 6 heteroatoms. The maximum atomic E-state index is 12.0. The lowest BCUT2D eigenvalue weighted by atomic mass is 9.97. The Kier molecular flexibility index (Phi) is 4.71. The molecule has 2 aromatic rings. The Hall–Kier alpha value is -2.63. The van der Waals surface area contributed by atoms with Gasteiger partial charge in [-0.25, -0.2) is 4.68 Å². The number of carbonyl (C=O) groups excluding carboxylic acids is 1. The molecule has 0 aliphatic heterocycles. The molecule has 1 N–H and O–H groups in total. The smallest absolute Gasteiger partial charge is 0.267 e. The van der Waals surface area contributed by atoms with Crippen LogP contribution in [0.5, 0.6) is 0 Å². The van der Waals surface area contributed by atoms with Gasteiger partial charge in [-0.15, -0.1) is 0 Å². The van der Waals surface area contributed by atoms with E-state index in [0.717, 1.165) is 36.9 Å². The monoisotopic (exact) mass is 313 g/mol. The number of rotatable bonds is 5. The van der Waals surface area contributed by atoms with E-state index in [1.807, 2.05) is 0 Å². The van der Waals surface area contributed by atoms with Crippen LogP contribution in [-0.4, -0.2) is 22.2 Å². The number of furan rings is 1. The second kappa shape index (κ2) is 7.09. The van der Waals surface area contributed by atoms with Gasteiger partial charge in [0.2, 0.25) is 5.91 Å². The van der Waals surface area contributed by atoms with Crippen molar-refractivity contribution in [2.24, 2.45) is 0 Å². The number of fused-ring (bicyclic) bond motifs is 1. The first-order valence-electron chi connectivity index (χ1n) is 7.82. The third-order valence-corrected chi connectivity index (χ3v) is 3.84. The van der Waals surface area contributed by atoms with Gasteiger partial charge in [-0.2, -0.15) is 5.10 Å². The molecule has 1 amide bonds. The Morgan fingerprint density at radius 3 is 3.09 bits per heavy atom. The zero-order valence-corrected chi connectivity index (χ0v) is 12.8. The van der Waals surface area contributed by atoms with Crippen LogP contribution in [0.3, 0.4) is 0 Å². The second-order valence-electron chi connectivity index (χ2n) is 5.52. The molecule has 2 heterocycles. The normalized spacial score (nSPS) is 13.9. The summed E-state index contributed by atoms with van der Waals surface area (Å²) in [6.07, 6.45) is 8.65. The summed E-state index contributed by atoms with van der Waals surface area (Å²) in [7, 11) is 0. The lowest BCUT2D eigenvalue weighted by molar-refractivity contribution is -0.116. The first kappa shape index (κ1) is 15.3. The van der Waals surface area contributed by atoms with Crippen LogP contribution in [0.1, 0.15) is 29.9 Å². The number of hydrogen-bond donors (Lipinski definition) is 1. The van der Waals surface area contributed by atoms with Gasteiger partial charge in [0.25, 0.3) is 5.56 Å². The Bertz CT molecular complexity index is 760. The fourth-order valence-corrected chi connectivity index (χ4v) is 2.65. The van der Waals surface area contributed by atoms with Crippen LogP contribution in [0.15, 0.2) is 39.7 Å². The van der Waals surface area contributed by atoms with E-state index in [1.165, 1.54) is 10.8 Å². The third kappa shape index (κ3) is 3.97. The van der Waals surface area contributed by atoms with Crippen LogP contribution >= 0.6 is 0 Å². The predicted octanol–water partition coefficient (Wildman–Crippen LogP) is 1.54. The lowest BCUT2D eigenvalue weighted by Gasteiger charge is -2.15. The number of amides is 1. The van der Waals surface area contributed by atoms with Crippen molar-refractivity contribution in [3.63, 3.8) is 0 Å². The van der Waals surface area contributed by atoms with Gasteiger partial charge in [0.15, 0.2) is 0 Å². The van der Waals surface area contributed by atoms with Gasteiger partial charge in [0.05, 0.1) is 18.5 Å². The maximum Gasteiger partial charge on any atom is 0.267 e. The standard InChI is InChI=1S/C17H19N3O3/c21-16(8-7-14-5-3-11-23-14)18-9-10-20-17(22)12-13-4-1-2-6-15(13)19-20/h3,5,7-8,11-12H,1-2,4,6,9-10H2,(H,18,21)/b8-7+. The van der Waals surface area contributed by atoms with Gasteiger partial charge in [-0.1, -0.05) is 0 Å². The molecule has 0 aromatic carbocycles. The summed E-state index contributed by atoms with van der Waals surface area (Å²) in [6.45, 7) is 0.722. The molecular formula is C17H19N3O3. The van der Waals surface area contributed by atoms with Crippen LogP contribution in [-0.2, 0) is 24.2 Å². The molecule has 0 radical (unpaired) electrons. The topological polar surface area (TPSA) is 77.1 Å². The van der Waals surface area contributed by atoms with Gasteiger partial charge in [0.1, 0.15) is 5.76 Å². The molecule has 23 heavy (non-hydrogen) atoms. The maximum absolute atomic E-state index is 12.0. The first-order valence-corrected chi connectivity index (χ1v) is 7.82. The Balaban J connectivity index is 1.54. The highest BCUT2D eigenvalue weighted by atomic mass is 16.3. The minimum absolute atomic E-state index is 0.106. The van der Waals surface area contributed by atoms with E-state index in [0.29, 0.717) is 18.8 Å². The van der Waals surface area contributed by atoms with Crippen LogP contribution < -0.4 is 10.9 Å². The van der Waals surface area contributed by atoms with E-state index in [1.54, 1.807) is 30.5 Å². The Morgan fingerprint density at radius 2 is 2.26 bits per heavy atom. The van der Waals surface area contributed by atoms with Crippen LogP contribution in [0.4, 0.5) is 0 Å². The molecule has 3 rings (SSSR count). The average molecular weight is 313 g/mol. The highest BCUT2D eigenvalue weighted by molar-refractivity contribution is 5.91. The molecule has 0 fully saturated rings. The molecule has 0 spiro atoms. The van der Waals surface area contributed by atoms with E-state index in [2.05, 4.69) is 10.4 Å². The van der Waals surface area contributed by atoms with Crippen molar-refractivity contribution in [1.29, 1.82) is 0 Å². The van der Waals surface area contributed by atoms with E-state index in [-0.39, 0.29) is 11.5 Å². The zero-order chi connectivity index (χ0) is 16.1. The number of hydrogen-bond acceptors (Lipinski definition) is 4. The third-order valence-electron chi connectivity index (χ3n) is 3.84. The molecule has 6 nitrogen and oxygen atoms in total. The summed E-state index contributed by atoms with van der Waals surface area (Å²) in [5, 5.41) is 7.15. The molecule has 0 saturated heterocycles. The molecule has 0 saturated carbocycles. The number of carbonyl (C=O) groups is 1. The molecule has 1 aliphatic rings. The van der Waals surface area contributed by atoms with Gasteiger partial charge >= 0.3 is 0 Å². The fraction of sp³-hybridized carbons (Fsp3) is 0.353. The van der Waals surface area contributed by atoms with Crippen molar-refractivity contribution < 1.29 is 9.21 Å². The van der Waals surface area contributed by atoms with Gasteiger partial charge < -0.3 is 9.73 Å². The largest absolute Gasteiger partial charge is 0.465 e. The minimum atomic E-state index is -0.229. The second-order valence-corrected chi connectivity index (χ2v) is 5.52. The Morgan fingerprint density at radius 1 is 1.39 bits per heavy atom. The molecule has 0 bridgehead atoms. The summed E-state index contributed by atoms with van der Waals surface area (Å²) >= 11 is 0.